The molecule has 3 aromatic rings. The topological polar surface area (TPSA) is 112 Å². The second-order valence-electron chi connectivity index (χ2n) is 7.68. The molecular formula is C23H28N4O6S. The number of aromatic nitrogens is 2. The van der Waals surface area contributed by atoms with Crippen molar-refractivity contribution < 1.29 is 27.4 Å². The van der Waals surface area contributed by atoms with Gasteiger partial charge in [0.1, 0.15) is 12.1 Å². The predicted molar refractivity (Wildman–Crippen MR) is 127 cm³/mol. The van der Waals surface area contributed by atoms with Gasteiger partial charge < -0.3 is 18.9 Å². The molecule has 2 aromatic carbocycles. The second-order valence-corrected chi connectivity index (χ2v) is 9.36. The van der Waals surface area contributed by atoms with E-state index in [1.165, 1.54) is 32.7 Å². The first-order valence-electron chi connectivity index (χ1n) is 10.9. The van der Waals surface area contributed by atoms with Gasteiger partial charge in [-0.2, -0.15) is 0 Å². The fourth-order valence-corrected chi connectivity index (χ4v) is 4.68. The molecule has 4 rings (SSSR count). The highest BCUT2D eigenvalue weighted by molar-refractivity contribution is 7.92. The fourth-order valence-electron chi connectivity index (χ4n) is 3.65. The number of nitrogens with one attached hydrogen (secondary N) is 1. The molecule has 1 N–H and O–H groups in total. The molecule has 34 heavy (non-hydrogen) atoms. The molecule has 0 bridgehead atoms. The van der Waals surface area contributed by atoms with Crippen LogP contribution in [0.5, 0.6) is 17.2 Å². The standard InChI is InChI=1S/C23H28N4O6S/c1-30-17-4-6-18(7-5-17)34(28,29)26-23-19-14-21(31-2)22(15-20(19)24-16-25-23)33-11-3-8-27-9-12-32-13-10-27/h4-7,14-16H,3,8-13H2,1-2H3,(H,24,25,26). The maximum absolute atomic E-state index is 12.9. The van der Waals surface area contributed by atoms with Crippen LogP contribution in [0.4, 0.5) is 5.82 Å². The molecule has 1 aliphatic heterocycles. The van der Waals surface area contributed by atoms with Gasteiger partial charge in [-0.25, -0.2) is 18.4 Å². The van der Waals surface area contributed by atoms with Crippen molar-refractivity contribution in [1.82, 2.24) is 14.9 Å². The van der Waals surface area contributed by atoms with Gasteiger partial charge >= 0.3 is 0 Å². The zero-order valence-corrected chi connectivity index (χ0v) is 20.0. The van der Waals surface area contributed by atoms with Crippen LogP contribution in [0.1, 0.15) is 6.42 Å². The third kappa shape index (κ3) is 5.66. The van der Waals surface area contributed by atoms with Gasteiger partial charge in [0.15, 0.2) is 17.3 Å². The number of morpholine rings is 1. The van der Waals surface area contributed by atoms with Crippen molar-refractivity contribution in [2.75, 3.05) is 58.4 Å². The zero-order valence-electron chi connectivity index (χ0n) is 19.2. The number of anilines is 1. The van der Waals surface area contributed by atoms with Gasteiger partial charge in [-0.3, -0.25) is 9.62 Å². The molecule has 1 saturated heterocycles. The number of nitrogens with zero attached hydrogens (tertiary/aromatic N) is 3. The molecule has 0 atom stereocenters. The SMILES string of the molecule is COc1ccc(S(=O)(=O)Nc2ncnc3cc(OCCCN4CCOCC4)c(OC)cc23)cc1. The second kappa shape index (κ2) is 10.9. The van der Waals surface area contributed by atoms with Crippen LogP contribution in [0, 0.1) is 0 Å². The fraction of sp³-hybridized carbons (Fsp3) is 0.391. The number of hydrogen-bond donors (Lipinski definition) is 1. The minimum Gasteiger partial charge on any atom is -0.497 e. The lowest BCUT2D eigenvalue weighted by Gasteiger charge is -2.26. The molecule has 0 aliphatic carbocycles. The van der Waals surface area contributed by atoms with Crippen molar-refractivity contribution in [1.29, 1.82) is 0 Å². The van der Waals surface area contributed by atoms with Crippen LogP contribution < -0.4 is 18.9 Å². The Morgan fingerprint density at radius 2 is 1.79 bits per heavy atom. The summed E-state index contributed by atoms with van der Waals surface area (Å²) in [6, 6.07) is 9.51. The van der Waals surface area contributed by atoms with E-state index in [-0.39, 0.29) is 10.7 Å². The van der Waals surface area contributed by atoms with E-state index in [9.17, 15) is 8.42 Å². The maximum atomic E-state index is 12.9. The highest BCUT2D eigenvalue weighted by Gasteiger charge is 2.19. The molecule has 1 fully saturated rings. The van der Waals surface area contributed by atoms with Crippen LogP contribution in [0.15, 0.2) is 47.6 Å². The van der Waals surface area contributed by atoms with Crippen molar-refractivity contribution in [3.8, 4) is 17.2 Å². The smallest absolute Gasteiger partial charge is 0.263 e. The number of fused-ring (bicyclic) bond motifs is 1. The Hall–Kier alpha value is -3.15. The number of ether oxygens (including phenoxy) is 4. The van der Waals surface area contributed by atoms with Crippen LogP contribution in [-0.4, -0.2) is 77.0 Å². The maximum Gasteiger partial charge on any atom is 0.263 e. The molecule has 0 unspecified atom stereocenters. The lowest BCUT2D eigenvalue weighted by molar-refractivity contribution is 0.0357. The Morgan fingerprint density at radius 3 is 2.50 bits per heavy atom. The van der Waals surface area contributed by atoms with E-state index >= 15 is 0 Å². The number of hydrogen-bond acceptors (Lipinski definition) is 9. The van der Waals surface area contributed by atoms with E-state index in [4.69, 9.17) is 18.9 Å². The van der Waals surface area contributed by atoms with Gasteiger partial charge in [0.2, 0.25) is 0 Å². The Balaban J connectivity index is 1.50. The van der Waals surface area contributed by atoms with E-state index in [1.807, 2.05) is 0 Å². The first kappa shape index (κ1) is 24.0. The summed E-state index contributed by atoms with van der Waals surface area (Å²) < 4.78 is 50.3. The van der Waals surface area contributed by atoms with E-state index in [1.54, 1.807) is 24.3 Å². The molecule has 182 valence electrons. The molecular weight excluding hydrogens is 460 g/mol. The Bertz CT molecular complexity index is 1210. The third-order valence-corrected chi connectivity index (χ3v) is 6.86. The molecule has 11 heteroatoms. The molecule has 1 aromatic heterocycles. The summed E-state index contributed by atoms with van der Waals surface area (Å²) in [4.78, 5) is 10.9. The lowest BCUT2D eigenvalue weighted by atomic mass is 10.2. The Kier molecular flexibility index (Phi) is 7.66. The Morgan fingerprint density at radius 1 is 1.03 bits per heavy atom. The molecule has 0 radical (unpaired) electrons. The molecule has 1 aliphatic rings. The minimum atomic E-state index is -3.87. The first-order valence-corrected chi connectivity index (χ1v) is 12.4. The largest absolute Gasteiger partial charge is 0.497 e. The van der Waals surface area contributed by atoms with E-state index in [2.05, 4.69) is 19.6 Å². The van der Waals surface area contributed by atoms with Gasteiger partial charge in [0.05, 0.1) is 44.5 Å². The molecule has 0 saturated carbocycles. The molecule has 0 spiro atoms. The van der Waals surface area contributed by atoms with Gasteiger partial charge in [-0.05, 0) is 36.8 Å². The van der Waals surface area contributed by atoms with Crippen LogP contribution in [-0.2, 0) is 14.8 Å². The number of methoxy groups -OCH3 is 2. The summed E-state index contributed by atoms with van der Waals surface area (Å²) in [6.45, 7) is 4.85. The zero-order chi connectivity index (χ0) is 24.0. The predicted octanol–water partition coefficient (Wildman–Crippen LogP) is 2.55. The first-order chi connectivity index (χ1) is 16.5. The summed E-state index contributed by atoms with van der Waals surface area (Å²) in [5.41, 5.74) is 0.534. The van der Waals surface area contributed by atoms with Gasteiger partial charge in [0, 0.05) is 31.1 Å². The van der Waals surface area contributed by atoms with E-state index < -0.39 is 10.0 Å². The van der Waals surface area contributed by atoms with Crippen molar-refractivity contribution >= 4 is 26.7 Å². The Labute approximate surface area is 198 Å². The van der Waals surface area contributed by atoms with Crippen molar-refractivity contribution in [3.05, 3.63) is 42.7 Å². The highest BCUT2D eigenvalue weighted by Crippen LogP contribution is 2.34. The average molecular weight is 489 g/mol. The normalized spacial score (nSPS) is 14.6. The minimum absolute atomic E-state index is 0.0900. The van der Waals surface area contributed by atoms with Crippen LogP contribution in [0.3, 0.4) is 0 Å². The summed E-state index contributed by atoms with van der Waals surface area (Å²) in [6.07, 6.45) is 2.17. The van der Waals surface area contributed by atoms with Crippen molar-refractivity contribution in [3.63, 3.8) is 0 Å². The van der Waals surface area contributed by atoms with Gasteiger partial charge in [0.25, 0.3) is 10.0 Å². The lowest BCUT2D eigenvalue weighted by Crippen LogP contribution is -2.37. The summed E-state index contributed by atoms with van der Waals surface area (Å²) >= 11 is 0. The highest BCUT2D eigenvalue weighted by atomic mass is 32.2. The summed E-state index contributed by atoms with van der Waals surface area (Å²) in [5, 5.41) is 0.497. The van der Waals surface area contributed by atoms with Crippen molar-refractivity contribution in [2.24, 2.45) is 0 Å². The molecule has 10 nitrogen and oxygen atoms in total. The number of rotatable bonds is 10. The number of benzene rings is 2. The van der Waals surface area contributed by atoms with Crippen LogP contribution in [0.2, 0.25) is 0 Å². The van der Waals surface area contributed by atoms with Crippen LogP contribution >= 0.6 is 0 Å². The van der Waals surface area contributed by atoms with Crippen molar-refractivity contribution in [2.45, 2.75) is 11.3 Å². The molecule has 2 heterocycles. The average Bonchev–Trinajstić information content (AvgIpc) is 2.87. The summed E-state index contributed by atoms with van der Waals surface area (Å²) in [7, 11) is -0.817. The summed E-state index contributed by atoms with van der Waals surface area (Å²) in [5.74, 6) is 1.73. The monoisotopic (exact) mass is 488 g/mol. The van der Waals surface area contributed by atoms with Crippen LogP contribution in [0.25, 0.3) is 10.9 Å². The quantitative estimate of drug-likeness (QED) is 0.430. The van der Waals surface area contributed by atoms with E-state index in [0.717, 1.165) is 39.3 Å². The molecule has 0 amide bonds. The van der Waals surface area contributed by atoms with Gasteiger partial charge in [-0.1, -0.05) is 0 Å². The number of sulfonamides is 1. The van der Waals surface area contributed by atoms with E-state index in [0.29, 0.717) is 34.8 Å². The third-order valence-electron chi connectivity index (χ3n) is 5.50. The van der Waals surface area contributed by atoms with Gasteiger partial charge in [-0.15, -0.1) is 0 Å².